The number of hydrogen-bond donors (Lipinski definition) is 3. The molecular formula is C11H10ClN3O4S. The number of H-pyrrole nitrogens is 1. The maximum atomic E-state index is 12.2. The number of hydrogen-bond acceptors (Lipinski definition) is 4. The van der Waals surface area contributed by atoms with Crippen LogP contribution in [-0.2, 0) is 10.0 Å². The summed E-state index contributed by atoms with van der Waals surface area (Å²) in [5.41, 5.74) is 0.259. The molecule has 1 aromatic heterocycles. The van der Waals surface area contributed by atoms with E-state index in [2.05, 4.69) is 14.9 Å². The quantitative estimate of drug-likeness (QED) is 0.797. The van der Waals surface area contributed by atoms with E-state index in [1.165, 1.54) is 18.2 Å². The lowest BCUT2D eigenvalue weighted by atomic mass is 10.2. The number of halogens is 1. The first-order valence-corrected chi connectivity index (χ1v) is 7.23. The molecule has 0 saturated heterocycles. The lowest BCUT2D eigenvalue weighted by molar-refractivity contribution is 0.0690. The van der Waals surface area contributed by atoms with Crippen LogP contribution in [0.25, 0.3) is 0 Å². The van der Waals surface area contributed by atoms with Crippen molar-refractivity contribution in [3.63, 3.8) is 0 Å². The smallest absolute Gasteiger partial charge is 0.353 e. The highest BCUT2D eigenvalue weighted by Gasteiger charge is 2.19. The van der Waals surface area contributed by atoms with Crippen molar-refractivity contribution in [3.05, 3.63) is 40.5 Å². The second-order valence-electron chi connectivity index (χ2n) is 3.99. The van der Waals surface area contributed by atoms with Crippen LogP contribution in [0.2, 0.25) is 5.02 Å². The van der Waals surface area contributed by atoms with Crippen molar-refractivity contribution < 1.29 is 18.3 Å². The number of rotatable bonds is 4. The number of anilines is 1. The first kappa shape index (κ1) is 14.4. The topological polar surface area (TPSA) is 112 Å². The van der Waals surface area contributed by atoms with Gasteiger partial charge in [-0.3, -0.25) is 9.82 Å². The highest BCUT2D eigenvalue weighted by atomic mass is 35.5. The van der Waals surface area contributed by atoms with Gasteiger partial charge < -0.3 is 5.11 Å². The summed E-state index contributed by atoms with van der Waals surface area (Å²) in [6.07, 6.45) is 0. The summed E-state index contributed by atoms with van der Waals surface area (Å²) in [6.45, 7) is 1.60. The SMILES string of the molecule is Cc1cc(Cl)ccc1S(=O)(=O)Nc1cc(C(=O)O)[nH]n1. The Kier molecular flexibility index (Phi) is 3.69. The van der Waals surface area contributed by atoms with E-state index in [4.69, 9.17) is 16.7 Å². The summed E-state index contributed by atoms with van der Waals surface area (Å²) in [4.78, 5) is 10.7. The fourth-order valence-corrected chi connectivity index (χ4v) is 3.04. The van der Waals surface area contributed by atoms with Gasteiger partial charge in [-0.1, -0.05) is 11.6 Å². The predicted octanol–water partition coefficient (Wildman–Crippen LogP) is 1.87. The third kappa shape index (κ3) is 2.91. The minimum Gasteiger partial charge on any atom is -0.477 e. The molecule has 0 aliphatic rings. The molecule has 2 rings (SSSR count). The minimum absolute atomic E-state index is 0.0433. The van der Waals surface area contributed by atoms with Crippen LogP contribution in [-0.4, -0.2) is 29.7 Å². The largest absolute Gasteiger partial charge is 0.477 e. The van der Waals surface area contributed by atoms with Crippen molar-refractivity contribution in [2.75, 3.05) is 4.72 Å². The summed E-state index contributed by atoms with van der Waals surface area (Å²) in [5.74, 6) is -1.33. The van der Waals surface area contributed by atoms with Crippen LogP contribution < -0.4 is 4.72 Å². The number of carboxylic acid groups (broad SMARTS) is 1. The molecule has 106 valence electrons. The zero-order chi connectivity index (χ0) is 14.9. The molecule has 2 aromatic rings. The van der Waals surface area contributed by atoms with Crippen LogP contribution in [0, 0.1) is 6.92 Å². The first-order valence-electron chi connectivity index (χ1n) is 5.37. The Labute approximate surface area is 119 Å². The van der Waals surface area contributed by atoms with Crippen LogP contribution >= 0.6 is 11.6 Å². The van der Waals surface area contributed by atoms with Gasteiger partial charge in [0.25, 0.3) is 10.0 Å². The van der Waals surface area contributed by atoms with Gasteiger partial charge in [-0.25, -0.2) is 13.2 Å². The molecule has 20 heavy (non-hydrogen) atoms. The van der Waals surface area contributed by atoms with E-state index in [0.717, 1.165) is 6.07 Å². The second-order valence-corrected chi connectivity index (χ2v) is 6.07. The number of aromatic nitrogens is 2. The van der Waals surface area contributed by atoms with Crippen molar-refractivity contribution in [1.82, 2.24) is 10.2 Å². The molecule has 0 bridgehead atoms. The van der Waals surface area contributed by atoms with E-state index >= 15 is 0 Å². The van der Waals surface area contributed by atoms with Gasteiger partial charge in [-0.05, 0) is 30.7 Å². The number of carbonyl (C=O) groups is 1. The Morgan fingerprint density at radius 1 is 1.40 bits per heavy atom. The van der Waals surface area contributed by atoms with E-state index in [1.807, 2.05) is 0 Å². The lowest BCUT2D eigenvalue weighted by Crippen LogP contribution is -2.14. The molecule has 0 aliphatic heterocycles. The molecule has 1 aromatic carbocycles. The molecule has 0 aliphatic carbocycles. The number of benzene rings is 1. The second kappa shape index (κ2) is 5.14. The number of sulfonamides is 1. The summed E-state index contributed by atoms with van der Waals surface area (Å²) < 4.78 is 26.5. The highest BCUT2D eigenvalue weighted by molar-refractivity contribution is 7.92. The molecule has 3 N–H and O–H groups in total. The maximum absolute atomic E-state index is 12.2. The van der Waals surface area contributed by atoms with E-state index < -0.39 is 16.0 Å². The number of aromatic carboxylic acids is 1. The van der Waals surface area contributed by atoms with Gasteiger partial charge in [-0.2, -0.15) is 5.10 Å². The van der Waals surface area contributed by atoms with Crippen molar-refractivity contribution in [2.24, 2.45) is 0 Å². The Bertz CT molecular complexity index is 770. The van der Waals surface area contributed by atoms with Gasteiger partial charge in [0.15, 0.2) is 5.82 Å². The standard InChI is InChI=1S/C11H10ClN3O4S/c1-6-4-7(12)2-3-9(6)20(18,19)15-10-5-8(11(16)17)13-14-10/h2-5H,1H3,(H,16,17)(H2,13,14,15). The number of aryl methyl sites for hydroxylation is 1. The van der Waals surface area contributed by atoms with Crippen LogP contribution in [0.5, 0.6) is 0 Å². The summed E-state index contributed by atoms with van der Waals surface area (Å²) >= 11 is 5.77. The molecule has 0 fully saturated rings. The Morgan fingerprint density at radius 2 is 2.10 bits per heavy atom. The lowest BCUT2D eigenvalue weighted by Gasteiger charge is -2.08. The average molecular weight is 316 g/mol. The normalized spacial score (nSPS) is 11.3. The van der Waals surface area contributed by atoms with E-state index in [0.29, 0.717) is 10.6 Å². The van der Waals surface area contributed by atoms with Crippen LogP contribution in [0.15, 0.2) is 29.2 Å². The fraction of sp³-hybridized carbons (Fsp3) is 0.0909. The van der Waals surface area contributed by atoms with E-state index in [9.17, 15) is 13.2 Å². The Hall–Kier alpha value is -2.06. The fourth-order valence-electron chi connectivity index (χ4n) is 1.59. The van der Waals surface area contributed by atoms with Crippen LogP contribution in [0.3, 0.4) is 0 Å². The molecule has 0 amide bonds. The van der Waals surface area contributed by atoms with E-state index in [-0.39, 0.29) is 16.4 Å². The average Bonchev–Trinajstić information content (AvgIpc) is 2.76. The number of nitrogens with zero attached hydrogens (tertiary/aromatic N) is 1. The van der Waals surface area contributed by atoms with Crippen molar-refractivity contribution in [1.29, 1.82) is 0 Å². The Morgan fingerprint density at radius 3 is 2.65 bits per heavy atom. The monoisotopic (exact) mass is 315 g/mol. The first-order chi connectivity index (χ1) is 9.29. The van der Waals surface area contributed by atoms with Gasteiger partial charge in [0.05, 0.1) is 4.90 Å². The van der Waals surface area contributed by atoms with Gasteiger partial charge >= 0.3 is 5.97 Å². The van der Waals surface area contributed by atoms with Gasteiger partial charge in [0, 0.05) is 11.1 Å². The minimum atomic E-state index is -3.86. The zero-order valence-electron chi connectivity index (χ0n) is 10.2. The molecule has 0 spiro atoms. The summed E-state index contributed by atoms with van der Waals surface area (Å²) in [5, 5.41) is 14.9. The van der Waals surface area contributed by atoms with Gasteiger partial charge in [0.2, 0.25) is 0 Å². The summed E-state index contributed by atoms with van der Waals surface area (Å²) in [6, 6.07) is 5.43. The molecule has 0 radical (unpaired) electrons. The van der Waals surface area contributed by atoms with Crippen LogP contribution in [0.4, 0.5) is 5.82 Å². The Balaban J connectivity index is 2.33. The molecular weight excluding hydrogens is 306 g/mol. The molecule has 0 atom stereocenters. The highest BCUT2D eigenvalue weighted by Crippen LogP contribution is 2.21. The number of aromatic amines is 1. The third-order valence-electron chi connectivity index (χ3n) is 2.47. The zero-order valence-corrected chi connectivity index (χ0v) is 11.8. The van der Waals surface area contributed by atoms with Gasteiger partial charge in [-0.15, -0.1) is 0 Å². The van der Waals surface area contributed by atoms with Crippen LogP contribution in [0.1, 0.15) is 16.1 Å². The van der Waals surface area contributed by atoms with Crippen molar-refractivity contribution in [3.8, 4) is 0 Å². The maximum Gasteiger partial charge on any atom is 0.353 e. The molecule has 0 unspecified atom stereocenters. The third-order valence-corrected chi connectivity index (χ3v) is 4.22. The number of carboxylic acids is 1. The van der Waals surface area contributed by atoms with Crippen molar-refractivity contribution in [2.45, 2.75) is 11.8 Å². The van der Waals surface area contributed by atoms with Crippen molar-refractivity contribution >= 4 is 33.4 Å². The number of nitrogens with one attached hydrogen (secondary N) is 2. The van der Waals surface area contributed by atoms with Gasteiger partial charge in [0.1, 0.15) is 5.69 Å². The summed E-state index contributed by atoms with van der Waals surface area (Å²) in [7, 11) is -3.86. The molecule has 7 nitrogen and oxygen atoms in total. The molecule has 0 saturated carbocycles. The molecule has 1 heterocycles. The predicted molar refractivity (Wildman–Crippen MR) is 72.5 cm³/mol. The van der Waals surface area contributed by atoms with E-state index in [1.54, 1.807) is 6.92 Å². The molecule has 9 heteroatoms.